The lowest BCUT2D eigenvalue weighted by molar-refractivity contribution is -0.154. The zero-order chi connectivity index (χ0) is 12.1. The largest absolute Gasteiger partial charge is 0.480 e. The molecule has 0 bridgehead atoms. The van der Waals surface area contributed by atoms with Crippen LogP contribution in [0, 0.1) is 0 Å². The van der Waals surface area contributed by atoms with E-state index in [0.717, 1.165) is 0 Å². The van der Waals surface area contributed by atoms with Crippen molar-refractivity contribution in [3.63, 3.8) is 0 Å². The zero-order valence-electron chi connectivity index (χ0n) is 8.59. The normalized spacial score (nSPS) is 13.9. The summed E-state index contributed by atoms with van der Waals surface area (Å²) < 4.78 is 4.67. The zero-order valence-corrected chi connectivity index (χ0v) is 9.35. The Bertz CT molecular complexity index is 375. The smallest absolute Gasteiger partial charge is 0.326 e. The molecule has 0 aromatic heterocycles. The van der Waals surface area contributed by atoms with Crippen molar-refractivity contribution in [3.8, 4) is 0 Å². The molecule has 4 nitrogen and oxygen atoms in total. The molecule has 0 saturated carbocycles. The van der Waals surface area contributed by atoms with E-state index in [1.54, 1.807) is 30.3 Å². The van der Waals surface area contributed by atoms with Crippen LogP contribution in [0.25, 0.3) is 0 Å². The minimum Gasteiger partial charge on any atom is -0.480 e. The molecule has 1 rings (SSSR count). The Balaban J connectivity index is 2.92. The standard InChI is InChI=1S/C11H11ClO4/c1-7(12)16-11(15)9(10(13)14)8-5-3-2-4-6-8/h2-7,9H,1H3,(H,13,14). The minimum absolute atomic E-state index is 0.373. The first-order valence-electron chi connectivity index (χ1n) is 4.64. The molecule has 16 heavy (non-hydrogen) atoms. The van der Waals surface area contributed by atoms with Gasteiger partial charge in [0.15, 0.2) is 11.5 Å². The van der Waals surface area contributed by atoms with Gasteiger partial charge in [0, 0.05) is 0 Å². The van der Waals surface area contributed by atoms with Crippen molar-refractivity contribution in [1.29, 1.82) is 0 Å². The highest BCUT2D eigenvalue weighted by molar-refractivity contribution is 6.20. The van der Waals surface area contributed by atoms with Crippen LogP contribution in [0.1, 0.15) is 18.4 Å². The summed E-state index contributed by atoms with van der Waals surface area (Å²) in [5.41, 5.74) is -0.477. The van der Waals surface area contributed by atoms with Crippen molar-refractivity contribution < 1.29 is 19.4 Å². The number of aliphatic carboxylic acids is 1. The van der Waals surface area contributed by atoms with Crippen molar-refractivity contribution in [2.24, 2.45) is 0 Å². The molecule has 0 fully saturated rings. The van der Waals surface area contributed by atoms with Gasteiger partial charge in [0.25, 0.3) is 0 Å². The Morgan fingerprint density at radius 1 is 1.31 bits per heavy atom. The lowest BCUT2D eigenvalue weighted by Gasteiger charge is -2.13. The number of rotatable bonds is 4. The minimum atomic E-state index is -1.33. The van der Waals surface area contributed by atoms with Crippen LogP contribution in [0.5, 0.6) is 0 Å². The Kier molecular flexibility index (Phi) is 4.31. The van der Waals surface area contributed by atoms with E-state index >= 15 is 0 Å². The second-order valence-electron chi connectivity index (χ2n) is 3.16. The maximum absolute atomic E-state index is 11.5. The average Bonchev–Trinajstić information content (AvgIpc) is 2.17. The molecule has 2 atom stereocenters. The highest BCUT2D eigenvalue weighted by Gasteiger charge is 2.30. The molecule has 0 aliphatic heterocycles. The molecule has 0 aliphatic carbocycles. The van der Waals surface area contributed by atoms with Gasteiger partial charge in [-0.2, -0.15) is 0 Å². The van der Waals surface area contributed by atoms with E-state index in [0.29, 0.717) is 5.56 Å². The number of carbonyl (C=O) groups excluding carboxylic acids is 1. The number of esters is 1. The van der Waals surface area contributed by atoms with Gasteiger partial charge in [0.1, 0.15) is 0 Å². The molecule has 1 N–H and O–H groups in total. The molecule has 2 unspecified atom stereocenters. The molecule has 0 radical (unpaired) electrons. The first kappa shape index (κ1) is 12.5. The van der Waals surface area contributed by atoms with Crippen LogP contribution < -0.4 is 0 Å². The van der Waals surface area contributed by atoms with Gasteiger partial charge >= 0.3 is 11.9 Å². The number of carboxylic acid groups (broad SMARTS) is 1. The first-order chi connectivity index (χ1) is 7.52. The first-order valence-corrected chi connectivity index (χ1v) is 5.08. The molecule has 0 saturated heterocycles. The fraction of sp³-hybridized carbons (Fsp3) is 0.273. The van der Waals surface area contributed by atoms with Crippen LogP contribution in [-0.4, -0.2) is 22.6 Å². The molecule has 0 heterocycles. The van der Waals surface area contributed by atoms with Gasteiger partial charge < -0.3 is 9.84 Å². The third kappa shape index (κ3) is 3.24. The summed E-state index contributed by atoms with van der Waals surface area (Å²) in [4.78, 5) is 22.5. The van der Waals surface area contributed by atoms with Gasteiger partial charge in [-0.1, -0.05) is 41.9 Å². The molecule has 86 valence electrons. The van der Waals surface area contributed by atoms with Gasteiger partial charge in [-0.15, -0.1) is 0 Å². The summed E-state index contributed by atoms with van der Waals surface area (Å²) >= 11 is 5.47. The van der Waals surface area contributed by atoms with E-state index in [9.17, 15) is 9.59 Å². The maximum atomic E-state index is 11.5. The number of halogens is 1. The summed E-state index contributed by atoms with van der Waals surface area (Å²) in [7, 11) is 0. The summed E-state index contributed by atoms with van der Waals surface area (Å²) in [6.07, 6.45) is 0. The van der Waals surface area contributed by atoms with E-state index < -0.39 is 23.4 Å². The molecular formula is C11H11ClO4. The number of alkyl halides is 1. The lowest BCUT2D eigenvalue weighted by atomic mass is 10.00. The summed E-state index contributed by atoms with van der Waals surface area (Å²) in [6.45, 7) is 1.45. The number of benzene rings is 1. The van der Waals surface area contributed by atoms with Crippen molar-refractivity contribution in [2.75, 3.05) is 0 Å². The second-order valence-corrected chi connectivity index (χ2v) is 3.78. The molecule has 1 aromatic carbocycles. The molecular weight excluding hydrogens is 232 g/mol. The van der Waals surface area contributed by atoms with Crippen molar-refractivity contribution in [3.05, 3.63) is 35.9 Å². The fourth-order valence-corrected chi connectivity index (χ4v) is 1.34. The van der Waals surface area contributed by atoms with Crippen LogP contribution in [0.2, 0.25) is 0 Å². The molecule has 0 amide bonds. The summed E-state index contributed by atoms with van der Waals surface area (Å²) in [6, 6.07) is 8.15. The van der Waals surface area contributed by atoms with Gasteiger partial charge in [-0.3, -0.25) is 9.59 Å². The van der Waals surface area contributed by atoms with E-state index in [1.165, 1.54) is 6.92 Å². The fourth-order valence-electron chi connectivity index (χ4n) is 1.25. The van der Waals surface area contributed by atoms with Crippen molar-refractivity contribution in [1.82, 2.24) is 0 Å². The van der Waals surface area contributed by atoms with Gasteiger partial charge in [-0.25, -0.2) is 0 Å². The van der Waals surface area contributed by atoms with E-state index in [1.807, 2.05) is 0 Å². The van der Waals surface area contributed by atoms with E-state index in [-0.39, 0.29) is 0 Å². The topological polar surface area (TPSA) is 63.6 Å². The lowest BCUT2D eigenvalue weighted by Crippen LogP contribution is -2.25. The number of hydrogen-bond donors (Lipinski definition) is 1. The number of hydrogen-bond acceptors (Lipinski definition) is 3. The quantitative estimate of drug-likeness (QED) is 0.498. The van der Waals surface area contributed by atoms with Gasteiger partial charge in [-0.05, 0) is 12.5 Å². The van der Waals surface area contributed by atoms with Gasteiger partial charge in [0.05, 0.1) is 0 Å². The SMILES string of the molecule is CC(Cl)OC(=O)C(C(=O)O)c1ccccc1. The van der Waals surface area contributed by atoms with Crippen LogP contribution in [0.3, 0.4) is 0 Å². The third-order valence-electron chi connectivity index (χ3n) is 1.89. The Hall–Kier alpha value is -1.55. The predicted octanol–water partition coefficient (Wildman–Crippen LogP) is 1.98. The van der Waals surface area contributed by atoms with Gasteiger partial charge in [0.2, 0.25) is 0 Å². The molecule has 0 aliphatic rings. The second kappa shape index (κ2) is 5.51. The van der Waals surface area contributed by atoms with Crippen LogP contribution in [0.4, 0.5) is 0 Å². The highest BCUT2D eigenvalue weighted by atomic mass is 35.5. The number of carboxylic acids is 1. The average molecular weight is 243 g/mol. The predicted molar refractivity (Wildman–Crippen MR) is 58.2 cm³/mol. The third-order valence-corrected chi connectivity index (χ3v) is 1.98. The van der Waals surface area contributed by atoms with Crippen LogP contribution in [0.15, 0.2) is 30.3 Å². The van der Waals surface area contributed by atoms with Crippen molar-refractivity contribution >= 4 is 23.5 Å². The van der Waals surface area contributed by atoms with Crippen LogP contribution >= 0.6 is 11.6 Å². The Morgan fingerprint density at radius 2 is 1.88 bits per heavy atom. The number of carbonyl (C=O) groups is 2. The summed E-state index contributed by atoms with van der Waals surface area (Å²) in [5.74, 6) is -3.45. The van der Waals surface area contributed by atoms with E-state index in [4.69, 9.17) is 16.7 Å². The monoisotopic (exact) mass is 242 g/mol. The molecule has 5 heteroatoms. The van der Waals surface area contributed by atoms with Crippen LogP contribution in [-0.2, 0) is 14.3 Å². The molecule has 0 spiro atoms. The Morgan fingerprint density at radius 3 is 2.31 bits per heavy atom. The van der Waals surface area contributed by atoms with E-state index in [2.05, 4.69) is 4.74 Å². The summed E-state index contributed by atoms with van der Waals surface area (Å²) in [5, 5.41) is 8.97. The van der Waals surface area contributed by atoms with Crippen molar-refractivity contribution in [2.45, 2.75) is 18.4 Å². The maximum Gasteiger partial charge on any atom is 0.326 e. The number of ether oxygens (including phenoxy) is 1. The highest BCUT2D eigenvalue weighted by Crippen LogP contribution is 2.18. The molecule has 1 aromatic rings. The Labute approximate surface area is 97.8 Å².